The van der Waals surface area contributed by atoms with Crippen LogP contribution in [0.3, 0.4) is 0 Å². The van der Waals surface area contributed by atoms with Gasteiger partial charge in [-0.3, -0.25) is 24.2 Å². The first kappa shape index (κ1) is 42.2. The molecular weight excluding hydrogens is 839 g/mol. The smallest absolute Gasteiger partial charge is 0.369 e. The van der Waals surface area contributed by atoms with E-state index in [1.54, 1.807) is 13.8 Å². The Hall–Kier alpha value is -3.82. The van der Waals surface area contributed by atoms with Gasteiger partial charge in [0.25, 0.3) is 11.1 Å². The van der Waals surface area contributed by atoms with Gasteiger partial charge in [0, 0.05) is 19.2 Å². The number of aryl methyl sites for hydroxylation is 2. The maximum absolute atomic E-state index is 12.6. The lowest BCUT2D eigenvalue weighted by Crippen LogP contribution is -2.42. The molecule has 0 aromatic carbocycles. The number of carbonyl (C=O) groups is 2. The number of aromatic nitrogens is 4. The van der Waals surface area contributed by atoms with Gasteiger partial charge in [0.05, 0.1) is 14.2 Å². The summed E-state index contributed by atoms with van der Waals surface area (Å²) in [5.74, 6) is -1.48. The average Bonchev–Trinajstić information content (AvgIpc) is 3.01. The minimum absolute atomic E-state index is 0. The summed E-state index contributed by atoms with van der Waals surface area (Å²) in [5, 5.41) is 0.142. The predicted octanol–water partition coefficient (Wildman–Crippen LogP) is 1.63. The van der Waals surface area contributed by atoms with E-state index < -0.39 is 58.8 Å². The highest BCUT2D eigenvalue weighted by atomic mass is 79.9. The van der Waals surface area contributed by atoms with E-state index in [9.17, 15) is 38.4 Å². The van der Waals surface area contributed by atoms with Crippen LogP contribution < -0.4 is 33.7 Å². The monoisotopic (exact) mass is 868 g/mol. The molecular formula is C27H32BBr3N4O13. The van der Waals surface area contributed by atoms with E-state index in [0.29, 0.717) is 28.5 Å². The molecule has 0 spiro atoms. The van der Waals surface area contributed by atoms with Gasteiger partial charge in [-0.25, -0.2) is 32.9 Å². The maximum Gasteiger partial charge on any atom is 0.369 e. The maximum atomic E-state index is 12.6. The van der Waals surface area contributed by atoms with Gasteiger partial charge < -0.3 is 23.0 Å². The third-order valence-electron chi connectivity index (χ3n) is 6.21. The highest BCUT2D eigenvalue weighted by molar-refractivity contribution is 9.69. The van der Waals surface area contributed by atoms with Crippen LogP contribution in [0, 0.1) is 0 Å². The molecule has 48 heavy (non-hydrogen) atoms. The minimum atomic E-state index is -0.843. The molecule has 4 aromatic rings. The summed E-state index contributed by atoms with van der Waals surface area (Å²) in [4.78, 5) is 97.0. The predicted molar refractivity (Wildman–Crippen MR) is 187 cm³/mol. The van der Waals surface area contributed by atoms with Crippen molar-refractivity contribution in [2.24, 2.45) is 0 Å². The van der Waals surface area contributed by atoms with Crippen molar-refractivity contribution < 1.29 is 32.6 Å². The van der Waals surface area contributed by atoms with E-state index in [1.807, 2.05) is 0 Å². The number of rotatable bonds is 8. The van der Waals surface area contributed by atoms with Crippen molar-refractivity contribution in [2.75, 3.05) is 21.3 Å². The lowest BCUT2D eigenvalue weighted by Gasteiger charge is -2.12. The van der Waals surface area contributed by atoms with Gasteiger partial charge in [-0.2, -0.15) is 0 Å². The van der Waals surface area contributed by atoms with Crippen LogP contribution in [0.5, 0.6) is 0 Å². The molecule has 0 saturated carbocycles. The van der Waals surface area contributed by atoms with Gasteiger partial charge in [-0.05, 0) is 24.0 Å². The largest absolute Gasteiger partial charge is 0.468 e. The molecule has 0 aliphatic carbocycles. The summed E-state index contributed by atoms with van der Waals surface area (Å²) >= 11 is 9.31. The topological polar surface area (TPSA) is 221 Å². The molecule has 4 heterocycles. The first-order valence-corrected chi connectivity index (χ1v) is 16.0. The highest BCUT2D eigenvalue weighted by Gasteiger charge is 2.20. The Morgan fingerprint density at radius 2 is 1.23 bits per heavy atom. The van der Waals surface area contributed by atoms with Crippen molar-refractivity contribution in [3.8, 4) is 0 Å². The second kappa shape index (κ2) is 19.2. The van der Waals surface area contributed by atoms with Gasteiger partial charge in [0.15, 0.2) is 0 Å². The van der Waals surface area contributed by atoms with Gasteiger partial charge in [0.1, 0.15) is 30.6 Å². The number of esters is 2. The first-order valence-electron chi connectivity index (χ1n) is 13.3. The Morgan fingerprint density at radius 1 is 0.771 bits per heavy atom. The molecule has 0 radical (unpaired) electrons. The van der Waals surface area contributed by atoms with Crippen LogP contribution in [0.25, 0.3) is 22.2 Å². The van der Waals surface area contributed by atoms with Crippen LogP contribution in [-0.4, -0.2) is 55.1 Å². The Labute approximate surface area is 295 Å². The van der Waals surface area contributed by atoms with E-state index >= 15 is 0 Å². The van der Waals surface area contributed by atoms with Crippen LogP contribution >= 0.6 is 47.3 Å². The second-order valence-corrected chi connectivity index (χ2v) is 15.4. The second-order valence-electron chi connectivity index (χ2n) is 9.01. The first-order chi connectivity index (χ1) is 22.1. The summed E-state index contributed by atoms with van der Waals surface area (Å²) in [5.41, 5.74) is -3.92. The summed E-state index contributed by atoms with van der Waals surface area (Å²) in [6.07, 6.45) is 0.780. The lowest BCUT2D eigenvalue weighted by atomic mass is 10.1. The Balaban J connectivity index is 0.000000427. The van der Waals surface area contributed by atoms with E-state index in [2.05, 4.69) is 61.7 Å². The zero-order valence-corrected chi connectivity index (χ0v) is 30.3. The fourth-order valence-corrected chi connectivity index (χ4v) is 4.13. The zero-order valence-electron chi connectivity index (χ0n) is 25.6. The van der Waals surface area contributed by atoms with Crippen molar-refractivity contribution in [3.05, 3.63) is 85.8 Å². The van der Waals surface area contributed by atoms with E-state index in [0.717, 1.165) is 23.4 Å². The fourth-order valence-electron chi connectivity index (χ4n) is 4.13. The van der Waals surface area contributed by atoms with E-state index in [1.165, 1.54) is 19.2 Å². The van der Waals surface area contributed by atoms with Gasteiger partial charge in [-0.15, -0.1) is 47.3 Å². The van der Waals surface area contributed by atoms with Crippen LogP contribution in [0.4, 0.5) is 0 Å². The quantitative estimate of drug-likeness (QED) is 0.197. The lowest BCUT2D eigenvalue weighted by molar-refractivity contribution is -0.142. The molecule has 0 unspecified atom stereocenters. The molecule has 0 atom stereocenters. The van der Waals surface area contributed by atoms with Crippen molar-refractivity contribution in [3.63, 3.8) is 0 Å². The number of hydrogen-bond acceptors (Lipinski definition) is 13. The van der Waals surface area contributed by atoms with Crippen molar-refractivity contribution in [1.29, 1.82) is 0 Å². The molecule has 21 heteroatoms. The third-order valence-corrected chi connectivity index (χ3v) is 6.21. The fraction of sp³-hybridized carbons (Fsp3) is 0.407. The number of fused-ring (bicyclic) bond motifs is 2. The summed E-state index contributed by atoms with van der Waals surface area (Å²) in [6.45, 7) is 2.21. The zero-order chi connectivity index (χ0) is 35.6. The molecule has 0 bridgehead atoms. The molecule has 262 valence electrons. The Kier molecular flexibility index (Phi) is 16.9. The van der Waals surface area contributed by atoms with E-state index in [-0.39, 0.29) is 39.5 Å². The number of ether oxygens (including phenoxy) is 3. The molecule has 0 saturated heterocycles. The Bertz CT molecular complexity index is 2130. The van der Waals surface area contributed by atoms with Gasteiger partial charge in [-0.1, -0.05) is 21.3 Å². The van der Waals surface area contributed by atoms with Crippen LogP contribution in [-0.2, 0) is 56.5 Å². The molecule has 0 aliphatic rings. The van der Waals surface area contributed by atoms with Crippen molar-refractivity contribution in [2.45, 2.75) is 53.9 Å². The molecule has 0 fully saturated rings. The highest BCUT2D eigenvalue weighted by Crippen LogP contribution is 2.13. The van der Waals surface area contributed by atoms with Crippen molar-refractivity contribution >= 4 is 84.6 Å². The number of carbonyl (C=O) groups excluding carboxylic acids is 2. The summed E-state index contributed by atoms with van der Waals surface area (Å²) < 4.78 is 26.4. The standard InChI is InChI=1S/C14H16N2O7.C12H12N2O6.CH4.BBr3/c1-4-8-5-9(17)23-13-11(8)12(19)15(6-10(18)22-3)14(20)16(13)7-21-2;1-3-6-4-7(15)20-10-9(6)11(17)14(12(18)13-10)5-8(16)19-2;;2-1(3)4/h5H,4,6-7H2,1-3H3;4H,3,5H2,1-2H3,(H,13,18);1H4;. The summed E-state index contributed by atoms with van der Waals surface area (Å²) in [6, 6.07) is 2.37. The SMILES string of the molecule is BrB(Br)Br.C.CCc1cc(=O)oc2[nH]c(=O)n(CC(=O)OC)c(=O)c12.CCc1cc(=O)oc2c1c(=O)n(CC(=O)OC)c(=O)n2COC. The van der Waals surface area contributed by atoms with Crippen LogP contribution in [0.15, 0.2) is 49.7 Å². The molecule has 0 amide bonds. The average molecular weight is 871 g/mol. The number of hydrogen-bond donors (Lipinski definition) is 1. The molecule has 17 nitrogen and oxygen atoms in total. The minimum Gasteiger partial charge on any atom is -0.468 e. The van der Waals surface area contributed by atoms with Gasteiger partial charge in [0.2, 0.25) is 11.4 Å². The van der Waals surface area contributed by atoms with Crippen molar-refractivity contribution in [1.82, 2.24) is 18.7 Å². The molecule has 0 aliphatic heterocycles. The molecule has 4 aromatic heterocycles. The van der Waals surface area contributed by atoms with Gasteiger partial charge >= 0.3 is 37.8 Å². The number of halogens is 3. The number of nitrogens with one attached hydrogen (secondary N) is 1. The number of methoxy groups -OCH3 is 3. The number of nitrogens with zero attached hydrogens (tertiary/aromatic N) is 3. The Morgan fingerprint density at radius 3 is 1.71 bits per heavy atom. The third kappa shape index (κ3) is 10.3. The molecule has 4 rings (SSSR count). The normalized spacial score (nSPS) is 10.2. The summed E-state index contributed by atoms with van der Waals surface area (Å²) in [7, 11) is 3.65. The van der Waals surface area contributed by atoms with Crippen LogP contribution in [0.1, 0.15) is 32.4 Å². The number of H-pyrrole nitrogens is 1. The number of aromatic amines is 1. The van der Waals surface area contributed by atoms with E-state index in [4.69, 9.17) is 13.6 Å². The molecule has 1 N–H and O–H groups in total. The van der Waals surface area contributed by atoms with Crippen LogP contribution in [0.2, 0.25) is 0 Å².